The highest BCUT2D eigenvalue weighted by Crippen LogP contribution is 2.27. The number of aryl methyl sites for hydroxylation is 2. The summed E-state index contributed by atoms with van der Waals surface area (Å²) in [7, 11) is 0. The van der Waals surface area contributed by atoms with Gasteiger partial charge in [0.1, 0.15) is 11.6 Å². The van der Waals surface area contributed by atoms with Gasteiger partial charge in [0.05, 0.1) is 0 Å². The van der Waals surface area contributed by atoms with Gasteiger partial charge in [-0.2, -0.15) is 0 Å². The molecule has 0 spiro atoms. The number of aromatic nitrogens is 1. The molecule has 0 bridgehead atoms. The molecular weight excluding hydrogens is 394 g/mol. The monoisotopic (exact) mass is 424 g/mol. The molecular formula is C26H30F2N2O. The van der Waals surface area contributed by atoms with Crippen molar-refractivity contribution in [3.63, 3.8) is 0 Å². The summed E-state index contributed by atoms with van der Waals surface area (Å²) in [6, 6.07) is 16.3. The summed E-state index contributed by atoms with van der Waals surface area (Å²) in [6.45, 7) is 6.30. The lowest BCUT2D eigenvalue weighted by Crippen LogP contribution is -2.26. The van der Waals surface area contributed by atoms with Gasteiger partial charge >= 0.3 is 0 Å². The Morgan fingerprint density at radius 2 is 1.68 bits per heavy atom. The largest absolute Gasteiger partial charge is 0.508 e. The van der Waals surface area contributed by atoms with Crippen LogP contribution in [0.4, 0.5) is 14.6 Å². The molecule has 0 saturated heterocycles. The van der Waals surface area contributed by atoms with Crippen LogP contribution in [-0.2, 0) is 25.3 Å². The lowest BCUT2D eigenvalue weighted by Gasteiger charge is -2.24. The zero-order valence-electron chi connectivity index (χ0n) is 18.4. The topological polar surface area (TPSA) is 36.4 Å². The molecule has 164 valence electrons. The van der Waals surface area contributed by atoms with Crippen molar-refractivity contribution >= 4 is 5.82 Å². The summed E-state index contributed by atoms with van der Waals surface area (Å²) >= 11 is 0. The third-order valence-electron chi connectivity index (χ3n) is 5.39. The molecule has 5 heteroatoms. The predicted octanol–water partition coefficient (Wildman–Crippen LogP) is 6.41. The third-order valence-corrected chi connectivity index (χ3v) is 5.39. The van der Waals surface area contributed by atoms with E-state index in [1.807, 2.05) is 31.3 Å². The molecule has 1 aromatic heterocycles. The van der Waals surface area contributed by atoms with E-state index in [-0.39, 0.29) is 5.56 Å². The molecule has 1 heterocycles. The summed E-state index contributed by atoms with van der Waals surface area (Å²) in [5.74, 6) is -1.65. The molecule has 0 amide bonds. The van der Waals surface area contributed by atoms with Gasteiger partial charge in [-0.3, -0.25) is 0 Å². The van der Waals surface area contributed by atoms with Gasteiger partial charge in [0.15, 0.2) is 0 Å². The molecule has 3 aromatic rings. The summed E-state index contributed by atoms with van der Waals surface area (Å²) in [6.07, 6.45) is 4.45. The van der Waals surface area contributed by atoms with E-state index in [2.05, 4.69) is 22.9 Å². The van der Waals surface area contributed by atoms with Crippen LogP contribution in [0.2, 0.25) is 0 Å². The smallest absolute Gasteiger partial charge is 0.270 e. The molecule has 3 nitrogen and oxygen atoms in total. The lowest BCUT2D eigenvalue weighted by molar-refractivity contribution is 0.0174. The molecule has 0 aliphatic carbocycles. The molecule has 0 atom stereocenters. The van der Waals surface area contributed by atoms with Crippen LogP contribution in [0.3, 0.4) is 0 Å². The molecule has 0 saturated carbocycles. The van der Waals surface area contributed by atoms with Crippen LogP contribution in [0.15, 0.2) is 60.8 Å². The Bertz CT molecular complexity index is 980. The third kappa shape index (κ3) is 6.27. The second-order valence-electron chi connectivity index (χ2n) is 8.16. The van der Waals surface area contributed by atoms with Crippen molar-refractivity contribution < 1.29 is 13.9 Å². The fourth-order valence-corrected chi connectivity index (χ4v) is 3.57. The average molecular weight is 425 g/mol. The molecule has 0 radical (unpaired) electrons. The Morgan fingerprint density at radius 3 is 2.29 bits per heavy atom. The van der Waals surface area contributed by atoms with Gasteiger partial charge in [0, 0.05) is 31.8 Å². The summed E-state index contributed by atoms with van der Waals surface area (Å²) in [4.78, 5) is 6.73. The van der Waals surface area contributed by atoms with E-state index in [1.165, 1.54) is 12.1 Å². The van der Waals surface area contributed by atoms with E-state index in [4.69, 9.17) is 0 Å². The van der Waals surface area contributed by atoms with Crippen molar-refractivity contribution in [1.82, 2.24) is 4.98 Å². The van der Waals surface area contributed by atoms with Gasteiger partial charge in [0.25, 0.3) is 5.92 Å². The first-order valence-electron chi connectivity index (χ1n) is 10.7. The first kappa shape index (κ1) is 22.7. The van der Waals surface area contributed by atoms with E-state index in [0.29, 0.717) is 12.3 Å². The number of aromatic hydroxyl groups is 1. The van der Waals surface area contributed by atoms with Crippen molar-refractivity contribution in [3.8, 4) is 5.75 Å². The highest BCUT2D eigenvalue weighted by molar-refractivity contribution is 5.42. The highest BCUT2D eigenvalue weighted by Gasteiger charge is 2.23. The van der Waals surface area contributed by atoms with Crippen LogP contribution in [0.5, 0.6) is 5.75 Å². The van der Waals surface area contributed by atoms with Crippen molar-refractivity contribution in [1.29, 1.82) is 0 Å². The second-order valence-corrected chi connectivity index (χ2v) is 8.16. The predicted molar refractivity (Wildman–Crippen MR) is 122 cm³/mol. The van der Waals surface area contributed by atoms with Crippen LogP contribution >= 0.6 is 0 Å². The number of phenolic OH excluding ortho intramolecular Hbond substituents is 1. The van der Waals surface area contributed by atoms with Crippen molar-refractivity contribution in [2.24, 2.45) is 0 Å². The number of halogens is 2. The molecule has 1 N–H and O–H groups in total. The van der Waals surface area contributed by atoms with Crippen molar-refractivity contribution in [3.05, 3.63) is 88.6 Å². The molecule has 0 unspecified atom stereocenters. The molecule has 0 aliphatic heterocycles. The summed E-state index contributed by atoms with van der Waals surface area (Å²) < 4.78 is 27.1. The van der Waals surface area contributed by atoms with Crippen molar-refractivity contribution in [2.75, 3.05) is 11.4 Å². The quantitative estimate of drug-likeness (QED) is 0.431. The summed E-state index contributed by atoms with van der Waals surface area (Å²) in [5, 5.41) is 10.0. The number of benzene rings is 2. The lowest BCUT2D eigenvalue weighted by atomic mass is 10.0. The maximum Gasteiger partial charge on any atom is 0.270 e. The van der Waals surface area contributed by atoms with Gasteiger partial charge < -0.3 is 10.0 Å². The van der Waals surface area contributed by atoms with Crippen LogP contribution in [0.25, 0.3) is 0 Å². The van der Waals surface area contributed by atoms with Gasteiger partial charge in [-0.1, -0.05) is 55.8 Å². The fraction of sp³-hybridized carbons (Fsp3) is 0.346. The standard InChI is InChI=1S/C26H30F2N2O/c1-4-5-22-16-20(9-12-24(22)31)14-15-30(25-13-6-19(2)17-29-25)18-21-7-10-23(11-8-21)26(3,27)28/h6-13,16-17,31H,4-5,14-15,18H2,1-3H3. The number of pyridine rings is 1. The van der Waals surface area contributed by atoms with Crippen LogP contribution < -0.4 is 4.90 Å². The van der Waals surface area contributed by atoms with Gasteiger partial charge in [-0.05, 0) is 54.2 Å². The molecule has 0 aliphatic rings. The van der Waals surface area contributed by atoms with E-state index in [9.17, 15) is 13.9 Å². The van der Waals surface area contributed by atoms with Gasteiger partial charge in [-0.25, -0.2) is 13.8 Å². The number of hydrogen-bond acceptors (Lipinski definition) is 3. The highest BCUT2D eigenvalue weighted by atomic mass is 19.3. The van der Waals surface area contributed by atoms with Gasteiger partial charge in [-0.15, -0.1) is 0 Å². The Balaban J connectivity index is 1.79. The van der Waals surface area contributed by atoms with Crippen molar-refractivity contribution in [2.45, 2.75) is 52.5 Å². The van der Waals surface area contributed by atoms with E-state index >= 15 is 0 Å². The average Bonchev–Trinajstić information content (AvgIpc) is 2.74. The molecule has 3 rings (SSSR count). The van der Waals surface area contributed by atoms with E-state index < -0.39 is 5.92 Å². The van der Waals surface area contributed by atoms with Crippen LogP contribution in [0, 0.1) is 6.92 Å². The number of nitrogens with zero attached hydrogens (tertiary/aromatic N) is 2. The molecule has 2 aromatic carbocycles. The normalized spacial score (nSPS) is 11.5. The number of alkyl halides is 2. The van der Waals surface area contributed by atoms with Crippen LogP contribution in [-0.4, -0.2) is 16.6 Å². The second kappa shape index (κ2) is 9.90. The Labute approximate surface area is 183 Å². The Hall–Kier alpha value is -2.95. The first-order chi connectivity index (χ1) is 14.8. The van der Waals surface area contributed by atoms with Crippen LogP contribution in [0.1, 0.15) is 48.1 Å². The minimum atomic E-state index is -2.84. The number of anilines is 1. The maximum absolute atomic E-state index is 13.5. The zero-order valence-corrected chi connectivity index (χ0v) is 18.4. The molecule has 0 fully saturated rings. The number of hydrogen-bond donors (Lipinski definition) is 1. The fourth-order valence-electron chi connectivity index (χ4n) is 3.57. The van der Waals surface area contributed by atoms with E-state index in [0.717, 1.165) is 60.8 Å². The summed E-state index contributed by atoms with van der Waals surface area (Å²) in [5.41, 5.74) is 4.17. The Kier molecular flexibility index (Phi) is 7.26. The number of phenols is 1. The zero-order chi connectivity index (χ0) is 22.4. The number of rotatable bonds is 9. The molecule has 31 heavy (non-hydrogen) atoms. The Morgan fingerprint density at radius 1 is 0.968 bits per heavy atom. The SMILES string of the molecule is CCCc1cc(CCN(Cc2ccc(C(C)(F)F)cc2)c2ccc(C)cn2)ccc1O. The maximum atomic E-state index is 13.5. The van der Waals surface area contributed by atoms with E-state index in [1.54, 1.807) is 18.2 Å². The minimum absolute atomic E-state index is 0.0174. The minimum Gasteiger partial charge on any atom is -0.508 e. The van der Waals surface area contributed by atoms with Gasteiger partial charge in [0.2, 0.25) is 0 Å². The first-order valence-corrected chi connectivity index (χ1v) is 10.7.